The van der Waals surface area contributed by atoms with E-state index in [9.17, 15) is 17.6 Å². The number of epoxide rings is 1. The smallest absolute Gasteiger partial charge is 0.368 e. The molecule has 0 spiro atoms. The van der Waals surface area contributed by atoms with Crippen molar-refractivity contribution in [3.63, 3.8) is 0 Å². The molecule has 1 atom stereocenters. The second-order valence-electron chi connectivity index (χ2n) is 3.06. The molecule has 0 aromatic heterocycles. The number of hydrogen-bond acceptors (Lipinski definition) is 1. The van der Waals surface area contributed by atoms with Crippen LogP contribution >= 0.6 is 0 Å². The average Bonchev–Trinajstić information content (AvgIpc) is 2.83. The van der Waals surface area contributed by atoms with Gasteiger partial charge in [-0.2, -0.15) is 13.2 Å². The molecular weight excluding hydrogens is 200 g/mol. The van der Waals surface area contributed by atoms with Gasteiger partial charge in [0.15, 0.2) is 0 Å². The molecule has 0 saturated carbocycles. The van der Waals surface area contributed by atoms with Crippen LogP contribution in [0.15, 0.2) is 18.2 Å². The molecule has 1 aliphatic heterocycles. The van der Waals surface area contributed by atoms with E-state index < -0.39 is 17.6 Å². The lowest BCUT2D eigenvalue weighted by atomic mass is 10.1. The highest BCUT2D eigenvalue weighted by Gasteiger charge is 2.35. The van der Waals surface area contributed by atoms with E-state index in [1.165, 1.54) is 6.07 Å². The minimum Gasteiger partial charge on any atom is -0.368 e. The minimum atomic E-state index is -4.63. The predicted octanol–water partition coefficient (Wildman–Crippen LogP) is 2.92. The Labute approximate surface area is 77.3 Å². The molecule has 1 heterocycles. The fourth-order valence-electron chi connectivity index (χ4n) is 1.20. The van der Waals surface area contributed by atoms with E-state index in [2.05, 4.69) is 0 Å². The third-order valence-corrected chi connectivity index (χ3v) is 2.00. The second kappa shape index (κ2) is 2.95. The molecule has 0 amide bonds. The maximum Gasteiger partial charge on any atom is 0.419 e. The van der Waals surface area contributed by atoms with Crippen LogP contribution in [0.1, 0.15) is 17.2 Å². The monoisotopic (exact) mass is 206 g/mol. The van der Waals surface area contributed by atoms with Crippen LogP contribution in [0, 0.1) is 5.82 Å². The molecule has 1 aromatic carbocycles. The average molecular weight is 206 g/mol. The summed E-state index contributed by atoms with van der Waals surface area (Å²) >= 11 is 0. The van der Waals surface area contributed by atoms with Gasteiger partial charge in [0.25, 0.3) is 0 Å². The Morgan fingerprint density at radius 2 is 1.93 bits per heavy atom. The SMILES string of the molecule is Fc1cc([C@H]2CO2)ccc1C(F)(F)F. The largest absolute Gasteiger partial charge is 0.419 e. The number of hydrogen-bond donors (Lipinski definition) is 0. The van der Waals surface area contributed by atoms with Crippen LogP contribution in [0.25, 0.3) is 0 Å². The van der Waals surface area contributed by atoms with Gasteiger partial charge in [-0.25, -0.2) is 4.39 Å². The Morgan fingerprint density at radius 3 is 2.36 bits per heavy atom. The summed E-state index contributed by atoms with van der Waals surface area (Å²) in [5.74, 6) is -1.24. The molecule has 0 unspecified atom stereocenters. The van der Waals surface area contributed by atoms with Gasteiger partial charge >= 0.3 is 6.18 Å². The summed E-state index contributed by atoms with van der Waals surface area (Å²) in [6.07, 6.45) is -4.86. The molecule has 1 nitrogen and oxygen atoms in total. The first-order valence-corrected chi connectivity index (χ1v) is 3.97. The van der Waals surface area contributed by atoms with Crippen molar-refractivity contribution in [1.29, 1.82) is 0 Å². The number of rotatable bonds is 1. The lowest BCUT2D eigenvalue weighted by Crippen LogP contribution is -2.08. The van der Waals surface area contributed by atoms with Gasteiger partial charge in [-0.15, -0.1) is 0 Å². The zero-order valence-corrected chi connectivity index (χ0v) is 6.94. The number of halogens is 4. The Morgan fingerprint density at radius 1 is 1.29 bits per heavy atom. The first kappa shape index (κ1) is 9.45. The van der Waals surface area contributed by atoms with Gasteiger partial charge in [-0.1, -0.05) is 6.07 Å². The molecule has 0 radical (unpaired) electrons. The zero-order valence-electron chi connectivity index (χ0n) is 6.94. The molecule has 5 heteroatoms. The molecular formula is C9H6F4O. The van der Waals surface area contributed by atoms with Crippen LogP contribution < -0.4 is 0 Å². The third-order valence-electron chi connectivity index (χ3n) is 2.00. The number of benzene rings is 1. The standard InChI is InChI=1S/C9H6F4O/c10-7-3-5(8-4-14-8)1-2-6(7)9(11,12)13/h1-3,8H,4H2/t8-/m1/s1. The summed E-state index contributed by atoms with van der Waals surface area (Å²) in [7, 11) is 0. The lowest BCUT2D eigenvalue weighted by molar-refractivity contribution is -0.140. The van der Waals surface area contributed by atoms with Crippen LogP contribution in [0.5, 0.6) is 0 Å². The third kappa shape index (κ3) is 1.72. The highest BCUT2D eigenvalue weighted by atomic mass is 19.4. The Balaban J connectivity index is 2.35. The number of ether oxygens (including phenoxy) is 1. The van der Waals surface area contributed by atoms with E-state index in [-0.39, 0.29) is 6.10 Å². The zero-order chi connectivity index (χ0) is 10.3. The summed E-state index contributed by atoms with van der Waals surface area (Å²) in [5.41, 5.74) is -0.780. The molecule has 0 N–H and O–H groups in total. The van der Waals surface area contributed by atoms with Crippen LogP contribution in [0.4, 0.5) is 17.6 Å². The maximum atomic E-state index is 13.0. The van der Waals surface area contributed by atoms with Gasteiger partial charge in [-0.3, -0.25) is 0 Å². The molecule has 2 rings (SSSR count). The van der Waals surface area contributed by atoms with E-state index in [4.69, 9.17) is 4.74 Å². The van der Waals surface area contributed by atoms with Gasteiger partial charge in [0, 0.05) is 0 Å². The van der Waals surface area contributed by atoms with Gasteiger partial charge < -0.3 is 4.74 Å². The highest BCUT2D eigenvalue weighted by Crippen LogP contribution is 2.35. The summed E-state index contributed by atoms with van der Waals surface area (Å²) in [6, 6.07) is 2.86. The summed E-state index contributed by atoms with van der Waals surface area (Å²) in [6.45, 7) is 0.449. The van der Waals surface area contributed by atoms with Crippen molar-refractivity contribution in [1.82, 2.24) is 0 Å². The quantitative estimate of drug-likeness (QED) is 0.508. The van der Waals surface area contributed by atoms with Gasteiger partial charge in [0.1, 0.15) is 11.9 Å². The normalized spacial score (nSPS) is 21.0. The van der Waals surface area contributed by atoms with E-state index in [1.54, 1.807) is 0 Å². The molecule has 76 valence electrons. The molecule has 1 aliphatic rings. The van der Waals surface area contributed by atoms with Crippen molar-refractivity contribution < 1.29 is 22.3 Å². The molecule has 1 fully saturated rings. The van der Waals surface area contributed by atoms with Crippen LogP contribution in [-0.2, 0) is 10.9 Å². The van der Waals surface area contributed by atoms with Crippen LogP contribution in [-0.4, -0.2) is 6.61 Å². The van der Waals surface area contributed by atoms with E-state index >= 15 is 0 Å². The minimum absolute atomic E-state index is 0.230. The predicted molar refractivity (Wildman–Crippen MR) is 40.1 cm³/mol. The number of alkyl halides is 3. The van der Waals surface area contributed by atoms with Crippen molar-refractivity contribution in [2.75, 3.05) is 6.61 Å². The Hall–Kier alpha value is -1.10. The van der Waals surface area contributed by atoms with Crippen molar-refractivity contribution >= 4 is 0 Å². The second-order valence-corrected chi connectivity index (χ2v) is 3.06. The van der Waals surface area contributed by atoms with Gasteiger partial charge in [0.05, 0.1) is 12.2 Å². The molecule has 0 bridgehead atoms. The maximum absolute atomic E-state index is 13.0. The topological polar surface area (TPSA) is 12.5 Å². The van der Waals surface area contributed by atoms with Crippen molar-refractivity contribution in [2.45, 2.75) is 12.3 Å². The molecule has 0 aliphatic carbocycles. The molecule has 1 saturated heterocycles. The highest BCUT2D eigenvalue weighted by molar-refractivity contribution is 5.29. The van der Waals surface area contributed by atoms with Gasteiger partial charge in [0.2, 0.25) is 0 Å². The van der Waals surface area contributed by atoms with E-state index in [0.29, 0.717) is 12.2 Å². The first-order valence-electron chi connectivity index (χ1n) is 3.97. The molecule has 14 heavy (non-hydrogen) atoms. The fraction of sp³-hybridized carbons (Fsp3) is 0.333. The lowest BCUT2D eigenvalue weighted by Gasteiger charge is -2.08. The summed E-state index contributed by atoms with van der Waals surface area (Å²) in [5, 5.41) is 0. The van der Waals surface area contributed by atoms with Crippen molar-refractivity contribution in [3.8, 4) is 0 Å². The summed E-state index contributed by atoms with van der Waals surface area (Å²) < 4.78 is 54.2. The van der Waals surface area contributed by atoms with Crippen molar-refractivity contribution in [3.05, 3.63) is 35.1 Å². The fourth-order valence-corrected chi connectivity index (χ4v) is 1.20. The van der Waals surface area contributed by atoms with E-state index in [0.717, 1.165) is 12.1 Å². The molecule has 1 aromatic rings. The first-order chi connectivity index (χ1) is 6.48. The Bertz CT molecular complexity index is 354. The van der Waals surface area contributed by atoms with Crippen LogP contribution in [0.2, 0.25) is 0 Å². The van der Waals surface area contributed by atoms with Crippen molar-refractivity contribution in [2.24, 2.45) is 0 Å². The van der Waals surface area contributed by atoms with Gasteiger partial charge in [-0.05, 0) is 17.7 Å². The Kier molecular flexibility index (Phi) is 1.99. The van der Waals surface area contributed by atoms with Crippen LogP contribution in [0.3, 0.4) is 0 Å². The van der Waals surface area contributed by atoms with E-state index in [1.807, 2.05) is 0 Å². The summed E-state index contributed by atoms with van der Waals surface area (Å²) in [4.78, 5) is 0.